The first-order valence-electron chi connectivity index (χ1n) is 4.91. The van der Waals surface area contributed by atoms with Gasteiger partial charge in [0.15, 0.2) is 0 Å². The van der Waals surface area contributed by atoms with Gasteiger partial charge in [-0.25, -0.2) is 0 Å². The Labute approximate surface area is 113 Å². The first-order chi connectivity index (χ1) is 8.19. The molecule has 1 N–H and O–H groups in total. The Hall–Kier alpha value is -1.50. The third-order valence-electron chi connectivity index (χ3n) is 2.20. The molecule has 0 atom stereocenters. The number of halogens is 2. The highest BCUT2D eigenvalue weighted by Gasteiger charge is 2.02. The molecule has 2 aromatic rings. The predicted molar refractivity (Wildman–Crippen MR) is 73.6 cm³/mol. The molecule has 0 amide bonds. The number of nitrogens with one attached hydrogen (secondary N) is 1. The van der Waals surface area contributed by atoms with Gasteiger partial charge in [0, 0.05) is 10.2 Å². The molecule has 4 heteroatoms. The van der Waals surface area contributed by atoms with Gasteiger partial charge < -0.3 is 5.32 Å². The summed E-state index contributed by atoms with van der Waals surface area (Å²) in [7, 11) is 0. The molecule has 2 rings (SSSR count). The lowest BCUT2D eigenvalue weighted by Crippen LogP contribution is -1.91. The van der Waals surface area contributed by atoms with Crippen molar-refractivity contribution in [3.05, 3.63) is 57.5 Å². The highest BCUT2D eigenvalue weighted by atomic mass is 79.9. The van der Waals surface area contributed by atoms with Crippen molar-refractivity contribution in [1.82, 2.24) is 0 Å². The smallest absolute Gasteiger partial charge is 0.0992 e. The molecule has 0 aromatic heterocycles. The summed E-state index contributed by atoms with van der Waals surface area (Å²) in [6.07, 6.45) is 0. The Morgan fingerprint density at radius 3 is 2.65 bits per heavy atom. The Balaban J connectivity index is 2.28. The highest BCUT2D eigenvalue weighted by Crippen LogP contribution is 2.27. The summed E-state index contributed by atoms with van der Waals surface area (Å²) >= 11 is 9.47. The number of hydrogen-bond donors (Lipinski definition) is 1. The molecule has 0 bridgehead atoms. The first-order valence-corrected chi connectivity index (χ1v) is 6.08. The summed E-state index contributed by atoms with van der Waals surface area (Å²) < 4.78 is 0.993. The molecule has 0 spiro atoms. The molecule has 0 radical (unpaired) electrons. The molecule has 0 aliphatic carbocycles. The third-order valence-corrected chi connectivity index (χ3v) is 3.01. The van der Waals surface area contributed by atoms with E-state index in [4.69, 9.17) is 16.9 Å². The van der Waals surface area contributed by atoms with Gasteiger partial charge in [0.05, 0.1) is 22.3 Å². The van der Waals surface area contributed by atoms with Crippen LogP contribution in [0.5, 0.6) is 0 Å². The van der Waals surface area contributed by atoms with E-state index in [1.165, 1.54) is 0 Å². The van der Waals surface area contributed by atoms with E-state index in [2.05, 4.69) is 21.2 Å². The second-order valence-electron chi connectivity index (χ2n) is 3.44. The number of benzene rings is 2. The summed E-state index contributed by atoms with van der Waals surface area (Å²) in [5, 5.41) is 12.5. The molecule has 0 saturated carbocycles. The van der Waals surface area contributed by atoms with E-state index in [-0.39, 0.29) is 0 Å². The molecular weight excluding hydrogens is 300 g/mol. The Kier molecular flexibility index (Phi) is 3.68. The van der Waals surface area contributed by atoms with Gasteiger partial charge in [-0.05, 0) is 36.4 Å². The molecular formula is C13H8BrClN2. The molecule has 0 aliphatic heterocycles. The van der Waals surface area contributed by atoms with Crippen molar-refractivity contribution in [2.45, 2.75) is 0 Å². The minimum Gasteiger partial charge on any atom is -0.354 e. The van der Waals surface area contributed by atoms with Gasteiger partial charge in [-0.3, -0.25) is 0 Å². The van der Waals surface area contributed by atoms with Crippen LogP contribution in [0.3, 0.4) is 0 Å². The van der Waals surface area contributed by atoms with Gasteiger partial charge in [0.25, 0.3) is 0 Å². The number of nitriles is 1. The zero-order chi connectivity index (χ0) is 12.3. The van der Waals surface area contributed by atoms with Crippen LogP contribution in [0.15, 0.2) is 46.9 Å². The minimum absolute atomic E-state index is 0.532. The van der Waals surface area contributed by atoms with Crippen LogP contribution in [0, 0.1) is 11.3 Å². The van der Waals surface area contributed by atoms with Crippen LogP contribution < -0.4 is 5.32 Å². The van der Waals surface area contributed by atoms with Gasteiger partial charge in [-0.1, -0.05) is 33.6 Å². The number of anilines is 2. The summed E-state index contributed by atoms with van der Waals surface area (Å²) in [6.45, 7) is 0. The lowest BCUT2D eigenvalue weighted by atomic mass is 10.2. The fraction of sp³-hybridized carbons (Fsp3) is 0. The SMILES string of the molecule is N#Cc1ccc(Nc2cccc(Br)c2)c(Cl)c1. The molecule has 0 heterocycles. The second-order valence-corrected chi connectivity index (χ2v) is 4.76. The summed E-state index contributed by atoms with van der Waals surface area (Å²) in [5.41, 5.74) is 2.27. The van der Waals surface area contributed by atoms with Crippen molar-refractivity contribution in [2.75, 3.05) is 5.32 Å². The molecule has 0 unspecified atom stereocenters. The standard InChI is InChI=1S/C13H8BrClN2/c14-10-2-1-3-11(7-10)17-13-5-4-9(8-16)6-12(13)15/h1-7,17H. The minimum atomic E-state index is 0.532. The van der Waals surface area contributed by atoms with E-state index in [0.717, 1.165) is 15.8 Å². The molecule has 84 valence electrons. The van der Waals surface area contributed by atoms with Gasteiger partial charge in [0.1, 0.15) is 0 Å². The lowest BCUT2D eigenvalue weighted by molar-refractivity contribution is 1.47. The molecule has 0 fully saturated rings. The van der Waals surface area contributed by atoms with Crippen molar-refractivity contribution < 1.29 is 0 Å². The molecule has 0 saturated heterocycles. The summed E-state index contributed by atoms with van der Waals surface area (Å²) in [4.78, 5) is 0. The zero-order valence-electron chi connectivity index (χ0n) is 8.74. The van der Waals surface area contributed by atoms with Gasteiger partial charge in [0.2, 0.25) is 0 Å². The van der Waals surface area contributed by atoms with E-state index in [0.29, 0.717) is 10.6 Å². The molecule has 2 nitrogen and oxygen atoms in total. The maximum atomic E-state index is 8.74. The number of hydrogen-bond acceptors (Lipinski definition) is 2. The van der Waals surface area contributed by atoms with E-state index < -0.39 is 0 Å². The predicted octanol–water partition coefficient (Wildman–Crippen LogP) is 4.72. The van der Waals surface area contributed by atoms with E-state index in [1.54, 1.807) is 18.2 Å². The molecule has 0 aliphatic rings. The van der Waals surface area contributed by atoms with Crippen LogP contribution in [-0.4, -0.2) is 0 Å². The van der Waals surface area contributed by atoms with Crippen molar-refractivity contribution in [3.8, 4) is 6.07 Å². The van der Waals surface area contributed by atoms with E-state index in [1.807, 2.05) is 30.3 Å². The van der Waals surface area contributed by atoms with Crippen molar-refractivity contribution in [3.63, 3.8) is 0 Å². The van der Waals surface area contributed by atoms with Crippen molar-refractivity contribution in [2.24, 2.45) is 0 Å². The maximum absolute atomic E-state index is 8.74. The zero-order valence-corrected chi connectivity index (χ0v) is 11.1. The summed E-state index contributed by atoms with van der Waals surface area (Å²) in [5.74, 6) is 0. The second kappa shape index (κ2) is 5.22. The highest BCUT2D eigenvalue weighted by molar-refractivity contribution is 9.10. The fourth-order valence-corrected chi connectivity index (χ4v) is 2.03. The lowest BCUT2D eigenvalue weighted by Gasteiger charge is -2.08. The van der Waals surface area contributed by atoms with Crippen LogP contribution in [0.4, 0.5) is 11.4 Å². The topological polar surface area (TPSA) is 35.8 Å². The van der Waals surface area contributed by atoms with E-state index in [9.17, 15) is 0 Å². The van der Waals surface area contributed by atoms with Gasteiger partial charge >= 0.3 is 0 Å². The number of nitrogens with zero attached hydrogens (tertiary/aromatic N) is 1. The van der Waals surface area contributed by atoms with Crippen molar-refractivity contribution >= 4 is 38.9 Å². The number of rotatable bonds is 2. The monoisotopic (exact) mass is 306 g/mol. The summed E-state index contributed by atoms with van der Waals surface area (Å²) in [6, 6.07) is 15.0. The Morgan fingerprint density at radius 1 is 1.18 bits per heavy atom. The van der Waals surface area contributed by atoms with Crippen molar-refractivity contribution in [1.29, 1.82) is 5.26 Å². The van der Waals surface area contributed by atoms with E-state index >= 15 is 0 Å². The Bertz CT molecular complexity index is 590. The fourth-order valence-electron chi connectivity index (χ4n) is 1.41. The largest absolute Gasteiger partial charge is 0.354 e. The molecule has 17 heavy (non-hydrogen) atoms. The Morgan fingerprint density at radius 2 is 2.00 bits per heavy atom. The average Bonchev–Trinajstić information content (AvgIpc) is 2.32. The van der Waals surface area contributed by atoms with Crippen LogP contribution >= 0.6 is 27.5 Å². The van der Waals surface area contributed by atoms with Gasteiger partial charge in [-0.15, -0.1) is 0 Å². The van der Waals surface area contributed by atoms with Crippen LogP contribution in [-0.2, 0) is 0 Å². The average molecular weight is 308 g/mol. The van der Waals surface area contributed by atoms with Crippen LogP contribution in [0.1, 0.15) is 5.56 Å². The van der Waals surface area contributed by atoms with Crippen LogP contribution in [0.25, 0.3) is 0 Å². The third kappa shape index (κ3) is 3.00. The maximum Gasteiger partial charge on any atom is 0.0992 e. The normalized spacial score (nSPS) is 9.71. The first kappa shape index (κ1) is 12.0. The molecule has 2 aromatic carbocycles. The quantitative estimate of drug-likeness (QED) is 0.871. The van der Waals surface area contributed by atoms with Crippen LogP contribution in [0.2, 0.25) is 5.02 Å². The van der Waals surface area contributed by atoms with Gasteiger partial charge in [-0.2, -0.15) is 5.26 Å².